The van der Waals surface area contributed by atoms with Gasteiger partial charge in [0.2, 0.25) is 0 Å². The van der Waals surface area contributed by atoms with Crippen LogP contribution in [-0.2, 0) is 5.41 Å². The highest BCUT2D eigenvalue weighted by Crippen LogP contribution is 2.24. The minimum Gasteiger partial charge on any atom is -0.370 e. The number of aromatic amines is 1. The summed E-state index contributed by atoms with van der Waals surface area (Å²) in [5.74, 6) is 0.494. The van der Waals surface area contributed by atoms with Crippen LogP contribution in [0.5, 0.6) is 0 Å². The van der Waals surface area contributed by atoms with Gasteiger partial charge in [0.25, 0.3) is 0 Å². The number of rotatable bonds is 8. The van der Waals surface area contributed by atoms with Crippen molar-refractivity contribution in [3.05, 3.63) is 58.3 Å². The van der Waals surface area contributed by atoms with E-state index in [0.717, 1.165) is 41.8 Å². The molecule has 0 spiro atoms. The van der Waals surface area contributed by atoms with Crippen molar-refractivity contribution in [3.63, 3.8) is 0 Å². The van der Waals surface area contributed by atoms with Gasteiger partial charge < -0.3 is 21.4 Å². The van der Waals surface area contributed by atoms with Gasteiger partial charge in [0, 0.05) is 41.8 Å². The molecule has 0 bridgehead atoms. The Hall–Kier alpha value is -3.13. The van der Waals surface area contributed by atoms with E-state index >= 15 is 0 Å². The van der Waals surface area contributed by atoms with Crippen LogP contribution in [0.1, 0.15) is 58.3 Å². The van der Waals surface area contributed by atoms with Crippen molar-refractivity contribution in [1.29, 1.82) is 0 Å². The van der Waals surface area contributed by atoms with E-state index < -0.39 is 0 Å². The first-order chi connectivity index (χ1) is 15.2. The van der Waals surface area contributed by atoms with Crippen LogP contribution in [0.2, 0.25) is 0 Å². The molecule has 0 saturated carbocycles. The molecule has 2 heterocycles. The third-order valence-electron chi connectivity index (χ3n) is 5.41. The number of nitrogens with zero attached hydrogens (tertiary/aromatic N) is 3. The second-order valence-electron chi connectivity index (χ2n) is 9.05. The SMILES string of the molecule is CCNC(N)=NCCCN[C@@H](C)c1ccc(-n2cc3cc(C(C)(C)C)[nH]c3nc2=O)cc1. The van der Waals surface area contributed by atoms with Crippen molar-refractivity contribution >= 4 is 17.0 Å². The zero-order chi connectivity index (χ0) is 23.3. The predicted octanol–water partition coefficient (Wildman–Crippen LogP) is 2.98. The van der Waals surface area contributed by atoms with Gasteiger partial charge in [-0.3, -0.25) is 9.56 Å². The van der Waals surface area contributed by atoms with Crippen LogP contribution in [0, 0.1) is 0 Å². The fourth-order valence-corrected chi connectivity index (χ4v) is 3.46. The predicted molar refractivity (Wildman–Crippen MR) is 132 cm³/mol. The van der Waals surface area contributed by atoms with E-state index in [0.29, 0.717) is 18.2 Å². The highest BCUT2D eigenvalue weighted by molar-refractivity contribution is 5.77. The number of fused-ring (bicyclic) bond motifs is 1. The number of hydrogen-bond acceptors (Lipinski definition) is 4. The van der Waals surface area contributed by atoms with Crippen LogP contribution >= 0.6 is 0 Å². The maximum atomic E-state index is 12.6. The first-order valence-corrected chi connectivity index (χ1v) is 11.2. The largest absolute Gasteiger partial charge is 0.370 e. The average molecular weight is 438 g/mol. The van der Waals surface area contributed by atoms with Gasteiger partial charge in [-0.05, 0) is 50.6 Å². The first kappa shape index (κ1) is 23.5. The third-order valence-corrected chi connectivity index (χ3v) is 5.41. The van der Waals surface area contributed by atoms with E-state index in [1.54, 1.807) is 4.57 Å². The van der Waals surface area contributed by atoms with Gasteiger partial charge in [0.1, 0.15) is 5.65 Å². The van der Waals surface area contributed by atoms with Gasteiger partial charge in [-0.2, -0.15) is 4.98 Å². The smallest absolute Gasteiger partial charge is 0.354 e. The zero-order valence-corrected chi connectivity index (χ0v) is 19.7. The molecule has 172 valence electrons. The molecule has 8 nitrogen and oxygen atoms in total. The maximum absolute atomic E-state index is 12.6. The lowest BCUT2D eigenvalue weighted by molar-refractivity contribution is 0.561. The molecule has 32 heavy (non-hydrogen) atoms. The van der Waals surface area contributed by atoms with Crippen LogP contribution in [0.15, 0.2) is 46.3 Å². The molecule has 2 aromatic heterocycles. The van der Waals surface area contributed by atoms with Crippen molar-refractivity contribution in [2.45, 2.75) is 52.5 Å². The molecule has 0 amide bonds. The molecule has 0 aliphatic rings. The molecule has 3 aromatic rings. The Bertz CT molecular complexity index is 1120. The number of guanidine groups is 1. The molecule has 1 atom stereocenters. The van der Waals surface area contributed by atoms with E-state index in [9.17, 15) is 4.79 Å². The second-order valence-corrected chi connectivity index (χ2v) is 9.05. The zero-order valence-electron chi connectivity index (χ0n) is 19.7. The quantitative estimate of drug-likeness (QED) is 0.246. The first-order valence-electron chi connectivity index (χ1n) is 11.2. The summed E-state index contributed by atoms with van der Waals surface area (Å²) in [7, 11) is 0. The third kappa shape index (κ3) is 5.76. The van der Waals surface area contributed by atoms with Gasteiger partial charge in [-0.25, -0.2) is 4.79 Å². The molecular weight excluding hydrogens is 402 g/mol. The van der Waals surface area contributed by atoms with Crippen molar-refractivity contribution in [2.75, 3.05) is 19.6 Å². The molecule has 1 aromatic carbocycles. The fourth-order valence-electron chi connectivity index (χ4n) is 3.46. The maximum Gasteiger partial charge on any atom is 0.354 e. The standard InChI is InChI=1S/C24H35N7O/c1-6-26-22(25)28-13-7-12-27-16(2)17-8-10-19(11-9-17)31-15-18-14-20(24(3,4)5)29-21(18)30-23(31)32/h8-11,14-16,27H,6-7,12-13H2,1-5H3,(H3,25,26,28)(H,29,30,32)/t16-/m0/s1. The van der Waals surface area contributed by atoms with Crippen molar-refractivity contribution < 1.29 is 0 Å². The molecule has 8 heteroatoms. The number of benzene rings is 1. The van der Waals surface area contributed by atoms with Gasteiger partial charge in [0.15, 0.2) is 5.96 Å². The summed E-state index contributed by atoms with van der Waals surface area (Å²) in [5.41, 5.74) is 9.04. The van der Waals surface area contributed by atoms with Crippen molar-refractivity contribution in [2.24, 2.45) is 10.7 Å². The average Bonchev–Trinajstić information content (AvgIpc) is 3.16. The molecule has 0 saturated heterocycles. The topological polar surface area (TPSA) is 113 Å². The summed E-state index contributed by atoms with van der Waals surface area (Å²) in [4.78, 5) is 24.4. The van der Waals surface area contributed by atoms with Crippen LogP contribution in [0.25, 0.3) is 16.7 Å². The van der Waals surface area contributed by atoms with Gasteiger partial charge >= 0.3 is 5.69 Å². The summed E-state index contributed by atoms with van der Waals surface area (Å²) in [5, 5.41) is 7.41. The summed E-state index contributed by atoms with van der Waals surface area (Å²) >= 11 is 0. The molecule has 0 aliphatic carbocycles. The lowest BCUT2D eigenvalue weighted by Gasteiger charge is -2.15. The Morgan fingerprint density at radius 1 is 1.28 bits per heavy atom. The summed E-state index contributed by atoms with van der Waals surface area (Å²) < 4.78 is 1.59. The number of H-pyrrole nitrogens is 1. The summed E-state index contributed by atoms with van der Waals surface area (Å²) in [6, 6.07) is 10.3. The van der Waals surface area contributed by atoms with E-state index in [1.807, 2.05) is 37.4 Å². The number of hydrogen-bond donors (Lipinski definition) is 4. The van der Waals surface area contributed by atoms with Crippen LogP contribution in [0.4, 0.5) is 0 Å². The summed E-state index contributed by atoms with van der Waals surface area (Å²) in [6.45, 7) is 12.8. The highest BCUT2D eigenvalue weighted by atomic mass is 16.1. The van der Waals surface area contributed by atoms with Crippen LogP contribution in [-0.4, -0.2) is 40.1 Å². The number of aliphatic imine (C=N–C) groups is 1. The van der Waals surface area contributed by atoms with E-state index in [2.05, 4.69) is 59.4 Å². The van der Waals surface area contributed by atoms with E-state index in [1.165, 1.54) is 0 Å². The van der Waals surface area contributed by atoms with Crippen molar-refractivity contribution in [1.82, 2.24) is 25.2 Å². The molecule has 0 unspecified atom stereocenters. The second kappa shape index (κ2) is 9.99. The normalized spacial score (nSPS) is 13.5. The molecule has 0 fully saturated rings. The van der Waals surface area contributed by atoms with Gasteiger partial charge in [-0.15, -0.1) is 0 Å². The van der Waals surface area contributed by atoms with E-state index in [4.69, 9.17) is 5.73 Å². The van der Waals surface area contributed by atoms with Crippen LogP contribution < -0.4 is 22.1 Å². The molecule has 0 radical (unpaired) electrons. The monoisotopic (exact) mass is 437 g/mol. The molecule has 3 rings (SSSR count). The Labute approximate surface area is 189 Å². The summed E-state index contributed by atoms with van der Waals surface area (Å²) in [6.07, 6.45) is 2.76. The number of aromatic nitrogens is 3. The molecular formula is C24H35N7O. The highest BCUT2D eigenvalue weighted by Gasteiger charge is 2.17. The van der Waals surface area contributed by atoms with Gasteiger partial charge in [0.05, 0.1) is 5.69 Å². The lowest BCUT2D eigenvalue weighted by atomic mass is 9.92. The Morgan fingerprint density at radius 3 is 2.66 bits per heavy atom. The minimum absolute atomic E-state index is 0.0370. The molecule has 5 N–H and O–H groups in total. The van der Waals surface area contributed by atoms with Crippen LogP contribution in [0.3, 0.4) is 0 Å². The Kier molecular flexibility index (Phi) is 7.35. The van der Waals surface area contributed by atoms with Crippen molar-refractivity contribution in [3.8, 4) is 5.69 Å². The lowest BCUT2D eigenvalue weighted by Crippen LogP contribution is -2.31. The Balaban J connectivity index is 1.66. The molecule has 0 aliphatic heterocycles. The minimum atomic E-state index is -0.295. The number of nitrogens with two attached hydrogens (primary N) is 1. The fraction of sp³-hybridized carbons (Fsp3) is 0.458. The number of nitrogens with one attached hydrogen (secondary N) is 3. The Morgan fingerprint density at radius 2 is 2.00 bits per heavy atom. The van der Waals surface area contributed by atoms with E-state index in [-0.39, 0.29) is 17.1 Å². The van der Waals surface area contributed by atoms with Gasteiger partial charge in [-0.1, -0.05) is 32.9 Å².